The van der Waals surface area contributed by atoms with Crippen LogP contribution in [0.1, 0.15) is 11.4 Å². The Morgan fingerprint density at radius 3 is 2.87 bits per heavy atom. The summed E-state index contributed by atoms with van der Waals surface area (Å²) in [6.45, 7) is 0. The van der Waals surface area contributed by atoms with Gasteiger partial charge in [0, 0.05) is 49.4 Å². The van der Waals surface area contributed by atoms with Crippen molar-refractivity contribution in [3.63, 3.8) is 0 Å². The first-order valence-electron chi connectivity index (χ1n) is 9.60. The van der Waals surface area contributed by atoms with Gasteiger partial charge in [-0.1, -0.05) is 6.07 Å². The van der Waals surface area contributed by atoms with Crippen molar-refractivity contribution in [1.29, 1.82) is 0 Å². The lowest BCUT2D eigenvalue weighted by molar-refractivity contribution is 0.393. The molecule has 0 unspecified atom stereocenters. The van der Waals surface area contributed by atoms with Gasteiger partial charge in [0.1, 0.15) is 5.82 Å². The van der Waals surface area contributed by atoms with Crippen LogP contribution < -0.4 is 10.1 Å². The molecular weight excluding hydrogens is 394 g/mol. The number of ether oxygens (including phenoxy) is 1. The molecule has 5 aromatic rings. The molecule has 0 atom stereocenters. The van der Waals surface area contributed by atoms with E-state index in [1.165, 1.54) is 0 Å². The van der Waals surface area contributed by atoms with E-state index in [4.69, 9.17) is 4.74 Å². The number of nitrogens with zero attached hydrogens (tertiary/aromatic N) is 8. The van der Waals surface area contributed by atoms with E-state index in [0.29, 0.717) is 18.2 Å². The van der Waals surface area contributed by atoms with Crippen LogP contribution >= 0.6 is 0 Å². The summed E-state index contributed by atoms with van der Waals surface area (Å²) in [5.41, 5.74) is 4.20. The zero-order valence-electron chi connectivity index (χ0n) is 17.0. The van der Waals surface area contributed by atoms with Crippen molar-refractivity contribution < 1.29 is 4.74 Å². The van der Waals surface area contributed by atoms with Crippen molar-refractivity contribution in [2.75, 3.05) is 12.4 Å². The fraction of sp³-hybridized carbons (Fsp3) is 0.143. The molecule has 0 fully saturated rings. The average Bonchev–Trinajstić information content (AvgIpc) is 3.39. The zero-order valence-corrected chi connectivity index (χ0v) is 17.0. The summed E-state index contributed by atoms with van der Waals surface area (Å²) in [7, 11) is 3.47. The predicted octanol–water partition coefficient (Wildman–Crippen LogP) is 2.66. The van der Waals surface area contributed by atoms with Crippen molar-refractivity contribution >= 4 is 17.3 Å². The van der Waals surface area contributed by atoms with Crippen LogP contribution in [0.4, 0.5) is 11.6 Å². The third kappa shape index (κ3) is 3.78. The highest BCUT2D eigenvalue weighted by Crippen LogP contribution is 2.22. The van der Waals surface area contributed by atoms with Crippen molar-refractivity contribution in [2.24, 2.45) is 7.05 Å². The maximum atomic E-state index is 5.34. The summed E-state index contributed by atoms with van der Waals surface area (Å²) in [5.74, 6) is 1.89. The maximum Gasteiger partial charge on any atom is 0.227 e. The molecule has 0 spiro atoms. The van der Waals surface area contributed by atoms with Gasteiger partial charge in [0.05, 0.1) is 24.7 Å². The number of aryl methyl sites for hydroxylation is 1. The number of fused-ring (bicyclic) bond motifs is 1. The Kier molecular flexibility index (Phi) is 4.71. The molecule has 154 valence electrons. The number of anilines is 2. The van der Waals surface area contributed by atoms with Crippen LogP contribution in [0, 0.1) is 0 Å². The highest BCUT2D eigenvalue weighted by Gasteiger charge is 2.12. The van der Waals surface area contributed by atoms with Crippen LogP contribution in [0.25, 0.3) is 16.9 Å². The monoisotopic (exact) mass is 413 g/mol. The van der Waals surface area contributed by atoms with Gasteiger partial charge in [0.25, 0.3) is 0 Å². The Hall–Kier alpha value is -4.34. The van der Waals surface area contributed by atoms with E-state index in [2.05, 4.69) is 35.6 Å². The van der Waals surface area contributed by atoms with E-state index in [-0.39, 0.29) is 0 Å². The minimum absolute atomic E-state index is 0.496. The van der Waals surface area contributed by atoms with Gasteiger partial charge in [-0.05, 0) is 24.3 Å². The first kappa shape index (κ1) is 18.7. The van der Waals surface area contributed by atoms with E-state index in [1.807, 2.05) is 54.2 Å². The van der Waals surface area contributed by atoms with Crippen LogP contribution in [-0.4, -0.2) is 46.4 Å². The van der Waals surface area contributed by atoms with Gasteiger partial charge in [-0.25, -0.2) is 15.0 Å². The van der Waals surface area contributed by atoms with Crippen LogP contribution in [0.15, 0.2) is 61.3 Å². The van der Waals surface area contributed by atoms with Gasteiger partial charge in [-0.15, -0.1) is 10.2 Å². The molecule has 5 rings (SSSR count). The molecule has 0 bridgehead atoms. The second-order valence-corrected chi connectivity index (χ2v) is 6.90. The molecule has 5 heterocycles. The lowest BCUT2D eigenvalue weighted by Gasteiger charge is -2.07. The maximum absolute atomic E-state index is 5.34. The number of rotatable bonds is 6. The molecule has 0 aliphatic heterocycles. The largest absolute Gasteiger partial charge is 0.481 e. The minimum Gasteiger partial charge on any atom is -0.481 e. The Labute approximate surface area is 177 Å². The predicted molar refractivity (Wildman–Crippen MR) is 114 cm³/mol. The summed E-state index contributed by atoms with van der Waals surface area (Å²) in [6, 6.07) is 9.64. The molecule has 5 aromatic heterocycles. The van der Waals surface area contributed by atoms with Crippen molar-refractivity contribution in [3.8, 4) is 17.1 Å². The summed E-state index contributed by atoms with van der Waals surface area (Å²) < 4.78 is 9.01. The summed E-state index contributed by atoms with van der Waals surface area (Å²) in [6.07, 6.45) is 9.50. The lowest BCUT2D eigenvalue weighted by Crippen LogP contribution is -2.00. The molecule has 0 aromatic carbocycles. The first-order valence-corrected chi connectivity index (χ1v) is 9.60. The molecule has 0 saturated carbocycles. The van der Waals surface area contributed by atoms with E-state index in [1.54, 1.807) is 30.4 Å². The van der Waals surface area contributed by atoms with Gasteiger partial charge in [0.15, 0.2) is 5.65 Å². The number of aromatic nitrogens is 8. The standard InChI is InChI=1S/C21H19N9O/c1-29-13-16(12-24-29)25-21-23-8-5-17(26-21)14-6-9-30-18(10-14)27-28-19(30)11-15-4-3-7-22-20(15)31-2/h3-10,12-13H,11H2,1-2H3,(H,23,25,26). The molecule has 0 aliphatic carbocycles. The van der Waals surface area contributed by atoms with Gasteiger partial charge in [-0.3, -0.25) is 9.08 Å². The molecule has 0 radical (unpaired) electrons. The lowest BCUT2D eigenvalue weighted by atomic mass is 10.1. The molecule has 0 saturated heterocycles. The molecule has 1 N–H and O–H groups in total. The molecular formula is C21H19N9O. The van der Waals surface area contributed by atoms with Gasteiger partial charge < -0.3 is 10.1 Å². The van der Waals surface area contributed by atoms with Crippen LogP contribution in [0.2, 0.25) is 0 Å². The zero-order chi connectivity index (χ0) is 21.2. The second-order valence-electron chi connectivity index (χ2n) is 6.90. The molecule has 31 heavy (non-hydrogen) atoms. The highest BCUT2D eigenvalue weighted by atomic mass is 16.5. The van der Waals surface area contributed by atoms with E-state index >= 15 is 0 Å². The number of nitrogens with one attached hydrogen (secondary N) is 1. The minimum atomic E-state index is 0.496. The smallest absolute Gasteiger partial charge is 0.227 e. The third-order valence-electron chi connectivity index (χ3n) is 4.78. The van der Waals surface area contributed by atoms with Gasteiger partial charge in [0.2, 0.25) is 11.8 Å². The first-order chi connectivity index (χ1) is 15.2. The normalized spacial score (nSPS) is 11.0. The van der Waals surface area contributed by atoms with Crippen LogP contribution in [0.5, 0.6) is 5.88 Å². The molecule has 10 heteroatoms. The van der Waals surface area contributed by atoms with Crippen LogP contribution in [0.3, 0.4) is 0 Å². The topological polar surface area (TPSA) is 108 Å². The molecule has 0 aliphatic rings. The number of methoxy groups -OCH3 is 1. The van der Waals surface area contributed by atoms with E-state index in [9.17, 15) is 0 Å². The van der Waals surface area contributed by atoms with Gasteiger partial charge >= 0.3 is 0 Å². The Balaban J connectivity index is 1.43. The molecule has 10 nitrogen and oxygen atoms in total. The Morgan fingerprint density at radius 1 is 1.10 bits per heavy atom. The number of hydrogen-bond acceptors (Lipinski definition) is 8. The van der Waals surface area contributed by atoms with Crippen LogP contribution in [-0.2, 0) is 13.5 Å². The Morgan fingerprint density at radius 2 is 2.03 bits per heavy atom. The quantitative estimate of drug-likeness (QED) is 0.453. The number of hydrogen-bond donors (Lipinski definition) is 1. The average molecular weight is 413 g/mol. The third-order valence-corrected chi connectivity index (χ3v) is 4.78. The Bertz CT molecular complexity index is 1360. The summed E-state index contributed by atoms with van der Waals surface area (Å²) in [4.78, 5) is 13.1. The second kappa shape index (κ2) is 7.82. The summed E-state index contributed by atoms with van der Waals surface area (Å²) >= 11 is 0. The number of pyridine rings is 2. The van der Waals surface area contributed by atoms with Gasteiger partial charge in [-0.2, -0.15) is 5.10 Å². The van der Waals surface area contributed by atoms with E-state index in [0.717, 1.165) is 34.0 Å². The van der Waals surface area contributed by atoms with E-state index < -0.39 is 0 Å². The summed E-state index contributed by atoms with van der Waals surface area (Å²) in [5, 5.41) is 16.0. The molecule has 0 amide bonds. The fourth-order valence-corrected chi connectivity index (χ4v) is 3.33. The van der Waals surface area contributed by atoms with Crippen molar-refractivity contribution in [2.45, 2.75) is 6.42 Å². The highest BCUT2D eigenvalue weighted by molar-refractivity contribution is 5.65. The fourth-order valence-electron chi connectivity index (χ4n) is 3.33. The van der Waals surface area contributed by atoms with Crippen molar-refractivity contribution in [3.05, 3.63) is 72.7 Å². The SMILES string of the molecule is COc1ncccc1Cc1nnc2cc(-c3ccnc(Nc4cnn(C)c4)n3)ccn12. The van der Waals surface area contributed by atoms with Crippen molar-refractivity contribution in [1.82, 2.24) is 39.3 Å².